The second kappa shape index (κ2) is 4.38. The number of hydrogen-bond donors (Lipinski definition) is 1. The second-order valence-corrected chi connectivity index (χ2v) is 5.08. The molecule has 0 saturated carbocycles. The van der Waals surface area contributed by atoms with Gasteiger partial charge in [0.15, 0.2) is 0 Å². The lowest BCUT2D eigenvalue weighted by Gasteiger charge is -2.40. The molecule has 1 aliphatic heterocycles. The standard InChI is InChI=1S/C14H19N.ClH/c1-2-14-8-5-9-15-13(14)12-7-4-3-6-11(12)10-14;/h3-4,6-7,13,15H,2,5,8-10H2,1H3;1H/t13-,14+;/m0./s1. The molecule has 1 heterocycles. The maximum absolute atomic E-state index is 3.73. The number of rotatable bonds is 1. The minimum atomic E-state index is 0. The average molecular weight is 238 g/mol. The SMILES string of the molecule is CC[C@]12CCCN[C@H]1c1ccccc1C2.Cl. The minimum absolute atomic E-state index is 0. The zero-order valence-electron chi connectivity index (χ0n) is 9.83. The molecule has 3 rings (SSSR count). The Balaban J connectivity index is 0.000000963. The summed E-state index contributed by atoms with van der Waals surface area (Å²) in [5, 5.41) is 3.73. The molecule has 2 aliphatic rings. The first kappa shape index (κ1) is 11.9. The Morgan fingerprint density at radius 3 is 3.00 bits per heavy atom. The molecule has 1 aromatic carbocycles. The van der Waals surface area contributed by atoms with Crippen LogP contribution in [0.1, 0.15) is 43.4 Å². The highest BCUT2D eigenvalue weighted by Gasteiger charge is 2.45. The first-order valence-corrected chi connectivity index (χ1v) is 6.17. The van der Waals surface area contributed by atoms with Crippen molar-refractivity contribution < 1.29 is 0 Å². The van der Waals surface area contributed by atoms with Crippen LogP contribution in [0.15, 0.2) is 24.3 Å². The average Bonchev–Trinajstić information content (AvgIpc) is 2.64. The van der Waals surface area contributed by atoms with Crippen LogP contribution in [0.2, 0.25) is 0 Å². The number of piperidine rings is 1. The van der Waals surface area contributed by atoms with Crippen LogP contribution in [-0.2, 0) is 6.42 Å². The second-order valence-electron chi connectivity index (χ2n) is 5.08. The Kier molecular flexibility index (Phi) is 3.27. The summed E-state index contributed by atoms with van der Waals surface area (Å²) in [5.74, 6) is 0. The van der Waals surface area contributed by atoms with Gasteiger partial charge >= 0.3 is 0 Å². The van der Waals surface area contributed by atoms with Gasteiger partial charge in [-0.05, 0) is 48.8 Å². The molecular formula is C14H20ClN. The molecule has 0 bridgehead atoms. The molecule has 1 fully saturated rings. The van der Waals surface area contributed by atoms with Crippen molar-refractivity contribution >= 4 is 12.4 Å². The fourth-order valence-corrected chi connectivity index (χ4v) is 3.54. The highest BCUT2D eigenvalue weighted by Crippen LogP contribution is 2.52. The van der Waals surface area contributed by atoms with Crippen molar-refractivity contribution in [2.24, 2.45) is 5.41 Å². The van der Waals surface area contributed by atoms with E-state index < -0.39 is 0 Å². The summed E-state index contributed by atoms with van der Waals surface area (Å²) in [7, 11) is 0. The number of hydrogen-bond acceptors (Lipinski definition) is 1. The Hall–Kier alpha value is -0.530. The fraction of sp³-hybridized carbons (Fsp3) is 0.571. The Bertz CT molecular complexity index is 377. The summed E-state index contributed by atoms with van der Waals surface area (Å²) in [6.07, 6.45) is 5.34. The Morgan fingerprint density at radius 1 is 1.38 bits per heavy atom. The first-order chi connectivity index (χ1) is 7.36. The van der Waals surface area contributed by atoms with Crippen LogP contribution in [0.4, 0.5) is 0 Å². The van der Waals surface area contributed by atoms with Crippen molar-refractivity contribution in [3.8, 4) is 0 Å². The van der Waals surface area contributed by atoms with Crippen LogP contribution in [0.5, 0.6) is 0 Å². The van der Waals surface area contributed by atoms with Crippen LogP contribution in [0, 0.1) is 5.41 Å². The Morgan fingerprint density at radius 2 is 2.19 bits per heavy atom. The molecule has 2 heteroatoms. The minimum Gasteiger partial charge on any atom is -0.309 e. The van der Waals surface area contributed by atoms with Gasteiger partial charge in [0, 0.05) is 6.04 Å². The van der Waals surface area contributed by atoms with Gasteiger partial charge in [0.1, 0.15) is 0 Å². The molecular weight excluding hydrogens is 218 g/mol. The lowest BCUT2D eigenvalue weighted by molar-refractivity contribution is 0.146. The number of fused-ring (bicyclic) bond motifs is 3. The smallest absolute Gasteiger partial charge is 0.0383 e. The summed E-state index contributed by atoms with van der Waals surface area (Å²) < 4.78 is 0. The summed E-state index contributed by atoms with van der Waals surface area (Å²) in [6, 6.07) is 9.62. The predicted molar refractivity (Wildman–Crippen MR) is 70.1 cm³/mol. The van der Waals surface area contributed by atoms with Crippen molar-refractivity contribution in [2.45, 2.75) is 38.6 Å². The molecule has 0 radical (unpaired) electrons. The van der Waals surface area contributed by atoms with E-state index in [9.17, 15) is 0 Å². The third kappa shape index (κ3) is 1.57. The molecule has 1 aliphatic carbocycles. The number of benzene rings is 1. The van der Waals surface area contributed by atoms with Gasteiger partial charge in [0.2, 0.25) is 0 Å². The fourth-order valence-electron chi connectivity index (χ4n) is 3.54. The van der Waals surface area contributed by atoms with E-state index in [4.69, 9.17) is 0 Å². The predicted octanol–water partition coefficient (Wildman–Crippen LogP) is 3.49. The lowest BCUT2D eigenvalue weighted by atomic mass is 9.72. The van der Waals surface area contributed by atoms with Crippen molar-refractivity contribution in [3.05, 3.63) is 35.4 Å². The lowest BCUT2D eigenvalue weighted by Crippen LogP contribution is -2.40. The van der Waals surface area contributed by atoms with Gasteiger partial charge in [-0.15, -0.1) is 12.4 Å². The van der Waals surface area contributed by atoms with Gasteiger partial charge in [0.05, 0.1) is 0 Å². The first-order valence-electron chi connectivity index (χ1n) is 6.17. The highest BCUT2D eigenvalue weighted by atomic mass is 35.5. The molecule has 2 atom stereocenters. The van der Waals surface area contributed by atoms with E-state index in [1.54, 1.807) is 11.1 Å². The maximum Gasteiger partial charge on any atom is 0.0383 e. The summed E-state index contributed by atoms with van der Waals surface area (Å²) >= 11 is 0. The van der Waals surface area contributed by atoms with Crippen molar-refractivity contribution in [1.29, 1.82) is 0 Å². The van der Waals surface area contributed by atoms with Gasteiger partial charge in [-0.1, -0.05) is 31.2 Å². The van der Waals surface area contributed by atoms with Crippen molar-refractivity contribution in [2.75, 3.05) is 6.54 Å². The zero-order valence-corrected chi connectivity index (χ0v) is 10.6. The van der Waals surface area contributed by atoms with E-state index in [1.807, 2.05) is 0 Å². The van der Waals surface area contributed by atoms with Crippen LogP contribution in [0.25, 0.3) is 0 Å². The Labute approximate surface area is 104 Å². The molecule has 1 nitrogen and oxygen atoms in total. The summed E-state index contributed by atoms with van der Waals surface area (Å²) in [4.78, 5) is 0. The van der Waals surface area contributed by atoms with E-state index in [0.717, 1.165) is 0 Å². The molecule has 1 aromatic rings. The van der Waals surface area contributed by atoms with Crippen LogP contribution < -0.4 is 5.32 Å². The van der Waals surface area contributed by atoms with Gasteiger partial charge in [-0.2, -0.15) is 0 Å². The topological polar surface area (TPSA) is 12.0 Å². The molecule has 0 unspecified atom stereocenters. The van der Waals surface area contributed by atoms with Gasteiger partial charge in [-0.3, -0.25) is 0 Å². The van der Waals surface area contributed by atoms with E-state index in [1.165, 1.54) is 32.2 Å². The molecule has 88 valence electrons. The van der Waals surface area contributed by atoms with Gasteiger partial charge < -0.3 is 5.32 Å². The van der Waals surface area contributed by atoms with Gasteiger partial charge in [-0.25, -0.2) is 0 Å². The molecule has 0 spiro atoms. The van der Waals surface area contributed by atoms with E-state index >= 15 is 0 Å². The molecule has 0 amide bonds. The monoisotopic (exact) mass is 237 g/mol. The third-order valence-corrected chi connectivity index (χ3v) is 4.43. The summed E-state index contributed by atoms with van der Waals surface area (Å²) in [6.45, 7) is 3.55. The molecule has 16 heavy (non-hydrogen) atoms. The third-order valence-electron chi connectivity index (χ3n) is 4.43. The number of nitrogens with one attached hydrogen (secondary N) is 1. The van der Waals surface area contributed by atoms with E-state index in [-0.39, 0.29) is 12.4 Å². The largest absolute Gasteiger partial charge is 0.309 e. The van der Waals surface area contributed by atoms with Crippen LogP contribution in [-0.4, -0.2) is 6.54 Å². The zero-order chi connectivity index (χ0) is 10.3. The van der Waals surface area contributed by atoms with E-state index in [0.29, 0.717) is 11.5 Å². The molecule has 1 N–H and O–H groups in total. The quantitative estimate of drug-likeness (QED) is 0.789. The van der Waals surface area contributed by atoms with E-state index in [2.05, 4.69) is 36.5 Å². The van der Waals surface area contributed by atoms with Gasteiger partial charge in [0.25, 0.3) is 0 Å². The normalized spacial score (nSPS) is 31.4. The molecule has 1 saturated heterocycles. The highest BCUT2D eigenvalue weighted by molar-refractivity contribution is 5.85. The maximum atomic E-state index is 3.73. The van der Waals surface area contributed by atoms with Crippen LogP contribution in [0.3, 0.4) is 0 Å². The van der Waals surface area contributed by atoms with Crippen LogP contribution >= 0.6 is 12.4 Å². The number of halogens is 1. The summed E-state index contributed by atoms with van der Waals surface area (Å²) in [5.41, 5.74) is 3.68. The van der Waals surface area contributed by atoms with Crippen molar-refractivity contribution in [3.63, 3.8) is 0 Å². The van der Waals surface area contributed by atoms with Crippen molar-refractivity contribution in [1.82, 2.24) is 5.32 Å². The molecule has 0 aromatic heterocycles.